The number of fused-ring (bicyclic) bond motifs is 1. The summed E-state index contributed by atoms with van der Waals surface area (Å²) in [5.41, 5.74) is 2.08. The summed E-state index contributed by atoms with van der Waals surface area (Å²) in [4.78, 5) is 39.0. The zero-order chi connectivity index (χ0) is 20.2. The molecule has 0 bridgehead atoms. The minimum absolute atomic E-state index is 0.0219. The van der Waals surface area contributed by atoms with Crippen LogP contribution in [-0.4, -0.2) is 50.8 Å². The van der Waals surface area contributed by atoms with Crippen molar-refractivity contribution in [3.8, 4) is 0 Å². The monoisotopic (exact) mass is 390 g/mol. The SMILES string of the molecule is CCC(=O)Nc1ccc(C(=O)N2CC[C@@H](Nc3ncc4ccncc4n3)C2)cc1. The number of nitrogens with one attached hydrogen (secondary N) is 2. The van der Waals surface area contributed by atoms with Gasteiger partial charge in [-0.15, -0.1) is 0 Å². The Morgan fingerprint density at radius 3 is 2.79 bits per heavy atom. The fraction of sp³-hybridized carbons (Fsp3) is 0.286. The van der Waals surface area contributed by atoms with Crippen molar-refractivity contribution in [3.63, 3.8) is 0 Å². The highest BCUT2D eigenvalue weighted by atomic mass is 16.2. The lowest BCUT2D eigenvalue weighted by Crippen LogP contribution is -2.31. The van der Waals surface area contributed by atoms with E-state index >= 15 is 0 Å². The molecule has 0 spiro atoms. The lowest BCUT2D eigenvalue weighted by atomic mass is 10.2. The first-order valence-electron chi connectivity index (χ1n) is 9.65. The van der Waals surface area contributed by atoms with Crippen LogP contribution in [0.25, 0.3) is 10.9 Å². The standard InChI is InChI=1S/C21H22N6O2/c1-2-19(28)24-16-5-3-14(4-6-16)20(29)27-10-8-17(13-27)25-21-23-11-15-7-9-22-12-18(15)26-21/h3-7,9,11-12,17H,2,8,10,13H2,1H3,(H,24,28)(H,23,25,26)/t17-/m1/s1. The molecule has 2 N–H and O–H groups in total. The number of carbonyl (C=O) groups is 2. The van der Waals surface area contributed by atoms with E-state index in [0.29, 0.717) is 36.7 Å². The Balaban J connectivity index is 1.37. The quantitative estimate of drug-likeness (QED) is 0.695. The molecule has 1 aliphatic heterocycles. The molecule has 4 rings (SSSR count). The number of aromatic nitrogens is 3. The maximum Gasteiger partial charge on any atom is 0.253 e. The molecule has 8 nitrogen and oxygen atoms in total. The highest BCUT2D eigenvalue weighted by molar-refractivity contribution is 5.96. The smallest absolute Gasteiger partial charge is 0.253 e. The average molecular weight is 390 g/mol. The Hall–Kier alpha value is -3.55. The number of amides is 2. The van der Waals surface area contributed by atoms with Gasteiger partial charge in [0.1, 0.15) is 0 Å². The van der Waals surface area contributed by atoms with Crippen LogP contribution < -0.4 is 10.6 Å². The minimum atomic E-state index is -0.0516. The van der Waals surface area contributed by atoms with Crippen LogP contribution in [0.4, 0.5) is 11.6 Å². The minimum Gasteiger partial charge on any atom is -0.350 e. The molecule has 0 saturated carbocycles. The molecule has 1 atom stereocenters. The number of nitrogens with zero attached hydrogens (tertiary/aromatic N) is 4. The third-order valence-corrected chi connectivity index (χ3v) is 4.93. The predicted molar refractivity (Wildman–Crippen MR) is 111 cm³/mol. The van der Waals surface area contributed by atoms with Crippen molar-refractivity contribution in [1.82, 2.24) is 19.9 Å². The van der Waals surface area contributed by atoms with Crippen molar-refractivity contribution in [2.24, 2.45) is 0 Å². The molecule has 0 aliphatic carbocycles. The van der Waals surface area contributed by atoms with Crippen LogP contribution in [0.15, 0.2) is 48.9 Å². The fourth-order valence-corrected chi connectivity index (χ4v) is 3.32. The normalized spacial score (nSPS) is 16.0. The molecule has 29 heavy (non-hydrogen) atoms. The molecule has 3 aromatic rings. The van der Waals surface area contributed by atoms with Gasteiger partial charge in [0.2, 0.25) is 11.9 Å². The summed E-state index contributed by atoms with van der Waals surface area (Å²) in [5, 5.41) is 7.03. The molecule has 0 radical (unpaired) electrons. The van der Waals surface area contributed by atoms with Gasteiger partial charge in [0, 0.05) is 54.6 Å². The lowest BCUT2D eigenvalue weighted by Gasteiger charge is -2.17. The number of pyridine rings is 1. The molecule has 148 valence electrons. The number of hydrogen-bond acceptors (Lipinski definition) is 6. The van der Waals surface area contributed by atoms with E-state index in [1.54, 1.807) is 49.8 Å². The van der Waals surface area contributed by atoms with Crippen LogP contribution in [0.1, 0.15) is 30.1 Å². The van der Waals surface area contributed by atoms with E-state index in [9.17, 15) is 9.59 Å². The van der Waals surface area contributed by atoms with Gasteiger partial charge >= 0.3 is 0 Å². The van der Waals surface area contributed by atoms with Crippen molar-refractivity contribution in [1.29, 1.82) is 0 Å². The third kappa shape index (κ3) is 4.31. The van der Waals surface area contributed by atoms with Crippen LogP contribution in [-0.2, 0) is 4.79 Å². The topological polar surface area (TPSA) is 100 Å². The van der Waals surface area contributed by atoms with Gasteiger partial charge in [0.15, 0.2) is 0 Å². The van der Waals surface area contributed by atoms with Crippen molar-refractivity contribution < 1.29 is 9.59 Å². The number of likely N-dealkylation sites (tertiary alicyclic amines) is 1. The molecule has 3 heterocycles. The number of anilines is 2. The zero-order valence-corrected chi connectivity index (χ0v) is 16.1. The molecular weight excluding hydrogens is 368 g/mol. The van der Waals surface area contributed by atoms with Crippen LogP contribution in [0.5, 0.6) is 0 Å². The van der Waals surface area contributed by atoms with Crippen molar-refractivity contribution in [2.45, 2.75) is 25.8 Å². The average Bonchev–Trinajstić information content (AvgIpc) is 3.22. The summed E-state index contributed by atoms with van der Waals surface area (Å²) in [6.45, 7) is 3.05. The van der Waals surface area contributed by atoms with E-state index in [2.05, 4.69) is 25.6 Å². The summed E-state index contributed by atoms with van der Waals surface area (Å²) in [5.74, 6) is 0.469. The maximum absolute atomic E-state index is 12.8. The second kappa shape index (κ2) is 8.22. The van der Waals surface area contributed by atoms with Crippen LogP contribution in [0.2, 0.25) is 0 Å². The zero-order valence-electron chi connectivity index (χ0n) is 16.1. The van der Waals surface area contributed by atoms with E-state index in [0.717, 1.165) is 17.3 Å². The van der Waals surface area contributed by atoms with Gasteiger partial charge < -0.3 is 15.5 Å². The Labute approximate surface area is 168 Å². The van der Waals surface area contributed by atoms with E-state index in [1.807, 2.05) is 11.0 Å². The van der Waals surface area contributed by atoms with Gasteiger partial charge in [0.25, 0.3) is 5.91 Å². The summed E-state index contributed by atoms with van der Waals surface area (Å²) < 4.78 is 0. The number of hydrogen-bond donors (Lipinski definition) is 2. The van der Waals surface area contributed by atoms with E-state index in [4.69, 9.17) is 0 Å². The molecule has 1 fully saturated rings. The lowest BCUT2D eigenvalue weighted by molar-refractivity contribution is -0.115. The van der Waals surface area contributed by atoms with E-state index in [-0.39, 0.29) is 17.9 Å². The van der Waals surface area contributed by atoms with Crippen LogP contribution >= 0.6 is 0 Å². The van der Waals surface area contributed by atoms with Crippen molar-refractivity contribution >= 4 is 34.4 Å². The second-order valence-electron chi connectivity index (χ2n) is 6.99. The van der Waals surface area contributed by atoms with E-state index in [1.165, 1.54) is 0 Å². The van der Waals surface area contributed by atoms with Gasteiger partial charge in [0.05, 0.1) is 11.7 Å². The molecule has 1 aliphatic rings. The molecule has 0 unspecified atom stereocenters. The number of benzene rings is 1. The highest BCUT2D eigenvalue weighted by Gasteiger charge is 2.27. The molecular formula is C21H22N6O2. The maximum atomic E-state index is 12.8. The molecule has 8 heteroatoms. The third-order valence-electron chi connectivity index (χ3n) is 4.93. The van der Waals surface area contributed by atoms with Crippen molar-refractivity contribution in [3.05, 3.63) is 54.5 Å². The summed E-state index contributed by atoms with van der Waals surface area (Å²) >= 11 is 0. The first-order chi connectivity index (χ1) is 14.1. The number of rotatable bonds is 5. The molecule has 1 saturated heterocycles. The second-order valence-corrected chi connectivity index (χ2v) is 6.99. The van der Waals surface area contributed by atoms with E-state index < -0.39 is 0 Å². The summed E-state index contributed by atoms with van der Waals surface area (Å²) in [6, 6.07) is 8.96. The highest BCUT2D eigenvalue weighted by Crippen LogP contribution is 2.19. The first kappa shape index (κ1) is 18.8. The Bertz CT molecular complexity index is 1040. The summed E-state index contributed by atoms with van der Waals surface area (Å²) in [6.07, 6.45) is 6.43. The Morgan fingerprint density at radius 2 is 2.00 bits per heavy atom. The molecule has 2 aromatic heterocycles. The Kier molecular flexibility index (Phi) is 5.33. The Morgan fingerprint density at radius 1 is 1.17 bits per heavy atom. The van der Waals surface area contributed by atoms with Gasteiger partial charge in [-0.2, -0.15) is 0 Å². The van der Waals surface area contributed by atoms with Crippen LogP contribution in [0.3, 0.4) is 0 Å². The molecule has 1 aromatic carbocycles. The summed E-state index contributed by atoms with van der Waals surface area (Å²) in [7, 11) is 0. The molecule has 2 amide bonds. The number of carbonyl (C=O) groups excluding carboxylic acids is 2. The van der Waals surface area contributed by atoms with Crippen molar-refractivity contribution in [2.75, 3.05) is 23.7 Å². The first-order valence-corrected chi connectivity index (χ1v) is 9.65. The largest absolute Gasteiger partial charge is 0.350 e. The van der Waals surface area contributed by atoms with Gasteiger partial charge in [-0.25, -0.2) is 9.97 Å². The van der Waals surface area contributed by atoms with Gasteiger partial charge in [-0.05, 0) is 36.8 Å². The van der Waals surface area contributed by atoms with Gasteiger partial charge in [-0.3, -0.25) is 14.6 Å². The van der Waals surface area contributed by atoms with Gasteiger partial charge in [-0.1, -0.05) is 6.92 Å². The van der Waals surface area contributed by atoms with Crippen LogP contribution in [0, 0.1) is 0 Å². The fourth-order valence-electron chi connectivity index (χ4n) is 3.32. The predicted octanol–water partition coefficient (Wildman–Crippen LogP) is 2.70.